The van der Waals surface area contributed by atoms with Gasteiger partial charge in [0, 0.05) is 37.6 Å². The SMILES string of the molecule is CC(=O)NCCc1cn(C)c2ccc(-c3c(C)cc(C)cc3C)cc12. The van der Waals surface area contributed by atoms with E-state index in [0.717, 1.165) is 6.42 Å². The van der Waals surface area contributed by atoms with Gasteiger partial charge in [-0.3, -0.25) is 4.79 Å². The van der Waals surface area contributed by atoms with E-state index in [9.17, 15) is 4.79 Å². The maximum atomic E-state index is 11.1. The van der Waals surface area contributed by atoms with Crippen LogP contribution in [0.5, 0.6) is 0 Å². The van der Waals surface area contributed by atoms with E-state index >= 15 is 0 Å². The molecule has 0 saturated carbocycles. The van der Waals surface area contributed by atoms with Gasteiger partial charge in [0.1, 0.15) is 0 Å². The third-order valence-corrected chi connectivity index (χ3v) is 4.81. The van der Waals surface area contributed by atoms with E-state index < -0.39 is 0 Å². The van der Waals surface area contributed by atoms with Gasteiger partial charge in [0.25, 0.3) is 0 Å². The number of rotatable bonds is 4. The second kappa shape index (κ2) is 6.75. The zero-order valence-electron chi connectivity index (χ0n) is 15.7. The van der Waals surface area contributed by atoms with Gasteiger partial charge in [0.15, 0.2) is 0 Å². The monoisotopic (exact) mass is 334 g/mol. The Morgan fingerprint density at radius 1 is 1.08 bits per heavy atom. The number of aromatic nitrogens is 1. The molecule has 0 unspecified atom stereocenters. The van der Waals surface area contributed by atoms with Crippen molar-refractivity contribution >= 4 is 16.8 Å². The Kier molecular flexibility index (Phi) is 4.67. The molecule has 2 aromatic carbocycles. The highest BCUT2D eigenvalue weighted by molar-refractivity contribution is 5.89. The van der Waals surface area contributed by atoms with Crippen molar-refractivity contribution in [1.29, 1.82) is 0 Å². The van der Waals surface area contributed by atoms with Gasteiger partial charge in [-0.1, -0.05) is 23.8 Å². The molecule has 0 saturated heterocycles. The highest BCUT2D eigenvalue weighted by Crippen LogP contribution is 2.32. The van der Waals surface area contributed by atoms with Crippen molar-refractivity contribution in [1.82, 2.24) is 9.88 Å². The first-order chi connectivity index (χ1) is 11.9. The summed E-state index contributed by atoms with van der Waals surface area (Å²) in [6.45, 7) is 8.74. The van der Waals surface area contributed by atoms with Crippen molar-refractivity contribution in [3.05, 3.63) is 58.8 Å². The lowest BCUT2D eigenvalue weighted by atomic mass is 9.93. The minimum absolute atomic E-state index is 0.0202. The average molecular weight is 334 g/mol. The van der Waals surface area contributed by atoms with Gasteiger partial charge in [0.05, 0.1) is 0 Å². The molecule has 3 nitrogen and oxygen atoms in total. The number of nitrogens with zero attached hydrogens (tertiary/aromatic N) is 1. The lowest BCUT2D eigenvalue weighted by molar-refractivity contribution is -0.118. The zero-order chi connectivity index (χ0) is 18.1. The van der Waals surface area contributed by atoms with Gasteiger partial charge < -0.3 is 9.88 Å². The van der Waals surface area contributed by atoms with E-state index in [1.54, 1.807) is 6.92 Å². The summed E-state index contributed by atoms with van der Waals surface area (Å²) >= 11 is 0. The van der Waals surface area contributed by atoms with E-state index in [1.165, 1.54) is 44.3 Å². The minimum atomic E-state index is 0.0202. The Balaban J connectivity index is 2.06. The van der Waals surface area contributed by atoms with Crippen LogP contribution in [0, 0.1) is 20.8 Å². The van der Waals surface area contributed by atoms with Gasteiger partial charge in [0.2, 0.25) is 5.91 Å². The van der Waals surface area contributed by atoms with Crippen molar-refractivity contribution in [2.75, 3.05) is 6.54 Å². The molecule has 0 radical (unpaired) electrons. The fourth-order valence-electron chi connectivity index (χ4n) is 3.84. The van der Waals surface area contributed by atoms with Crippen molar-refractivity contribution < 1.29 is 4.79 Å². The van der Waals surface area contributed by atoms with E-state index in [-0.39, 0.29) is 5.91 Å². The molecule has 0 spiro atoms. The smallest absolute Gasteiger partial charge is 0.216 e. The summed E-state index contributed by atoms with van der Waals surface area (Å²) < 4.78 is 2.16. The van der Waals surface area contributed by atoms with Crippen LogP contribution in [0.2, 0.25) is 0 Å². The number of benzene rings is 2. The number of aryl methyl sites for hydroxylation is 4. The quantitative estimate of drug-likeness (QED) is 0.751. The summed E-state index contributed by atoms with van der Waals surface area (Å²) in [5.41, 5.74) is 9.01. The molecule has 0 aliphatic heterocycles. The van der Waals surface area contributed by atoms with Crippen LogP contribution in [0.4, 0.5) is 0 Å². The number of hydrogen-bond acceptors (Lipinski definition) is 1. The highest BCUT2D eigenvalue weighted by Gasteiger charge is 2.11. The van der Waals surface area contributed by atoms with E-state index in [0.29, 0.717) is 6.54 Å². The number of hydrogen-bond donors (Lipinski definition) is 1. The van der Waals surface area contributed by atoms with Crippen LogP contribution in [0.3, 0.4) is 0 Å². The summed E-state index contributed by atoms with van der Waals surface area (Å²) in [5.74, 6) is 0.0202. The summed E-state index contributed by atoms with van der Waals surface area (Å²) in [6, 6.07) is 11.2. The molecule has 0 fully saturated rings. The van der Waals surface area contributed by atoms with Crippen LogP contribution in [-0.4, -0.2) is 17.0 Å². The Morgan fingerprint density at radius 2 is 1.76 bits per heavy atom. The molecule has 0 aliphatic rings. The van der Waals surface area contributed by atoms with E-state index in [1.807, 2.05) is 0 Å². The second-order valence-corrected chi connectivity index (χ2v) is 7.00. The van der Waals surface area contributed by atoms with Crippen molar-refractivity contribution in [3.63, 3.8) is 0 Å². The molecular formula is C22H26N2O. The molecule has 1 amide bonds. The summed E-state index contributed by atoms with van der Waals surface area (Å²) in [5, 5.41) is 4.16. The minimum Gasteiger partial charge on any atom is -0.356 e. The van der Waals surface area contributed by atoms with Gasteiger partial charge in [-0.25, -0.2) is 0 Å². The summed E-state index contributed by atoms with van der Waals surface area (Å²) in [6.07, 6.45) is 3.01. The van der Waals surface area contributed by atoms with Crippen molar-refractivity contribution in [2.24, 2.45) is 7.05 Å². The third-order valence-electron chi connectivity index (χ3n) is 4.81. The number of amides is 1. The molecule has 0 bridgehead atoms. The van der Waals surface area contributed by atoms with E-state index in [4.69, 9.17) is 0 Å². The maximum absolute atomic E-state index is 11.1. The van der Waals surface area contributed by atoms with Crippen molar-refractivity contribution in [2.45, 2.75) is 34.1 Å². The number of nitrogens with one attached hydrogen (secondary N) is 1. The second-order valence-electron chi connectivity index (χ2n) is 7.00. The largest absolute Gasteiger partial charge is 0.356 e. The lowest BCUT2D eigenvalue weighted by Crippen LogP contribution is -2.22. The first kappa shape index (κ1) is 17.3. The molecule has 3 rings (SSSR count). The first-order valence-corrected chi connectivity index (χ1v) is 8.77. The topological polar surface area (TPSA) is 34.0 Å². The normalized spacial score (nSPS) is 11.1. The number of fused-ring (bicyclic) bond motifs is 1. The zero-order valence-corrected chi connectivity index (χ0v) is 15.7. The molecule has 3 aromatic rings. The van der Waals surface area contributed by atoms with Crippen molar-refractivity contribution in [3.8, 4) is 11.1 Å². The van der Waals surface area contributed by atoms with Crippen LogP contribution >= 0.6 is 0 Å². The predicted octanol–water partition coefficient (Wildman–Crippen LogP) is 4.45. The molecular weight excluding hydrogens is 308 g/mol. The van der Waals surface area contributed by atoms with Gasteiger partial charge in [-0.15, -0.1) is 0 Å². The molecule has 25 heavy (non-hydrogen) atoms. The Labute approximate surface area is 149 Å². The fraction of sp³-hybridized carbons (Fsp3) is 0.318. The van der Waals surface area contributed by atoms with Crippen LogP contribution < -0.4 is 5.32 Å². The lowest BCUT2D eigenvalue weighted by Gasteiger charge is -2.12. The average Bonchev–Trinajstić information content (AvgIpc) is 2.82. The van der Waals surface area contributed by atoms with Gasteiger partial charge in [-0.05, 0) is 67.1 Å². The molecule has 130 valence electrons. The number of carbonyl (C=O) groups excluding carboxylic acids is 1. The molecule has 0 aliphatic carbocycles. The molecule has 0 atom stereocenters. The Morgan fingerprint density at radius 3 is 2.40 bits per heavy atom. The molecule has 1 heterocycles. The first-order valence-electron chi connectivity index (χ1n) is 8.77. The molecule has 3 heteroatoms. The van der Waals surface area contributed by atoms with Gasteiger partial charge >= 0.3 is 0 Å². The maximum Gasteiger partial charge on any atom is 0.216 e. The standard InChI is InChI=1S/C22H26N2O/c1-14-10-15(2)22(16(3)11-14)18-6-7-21-20(12-18)19(13-24(21)5)8-9-23-17(4)25/h6-7,10-13H,8-9H2,1-5H3,(H,23,25). The van der Waals surface area contributed by atoms with E-state index in [2.05, 4.69) is 74.2 Å². The van der Waals surface area contributed by atoms with Crippen LogP contribution in [-0.2, 0) is 18.3 Å². The highest BCUT2D eigenvalue weighted by atomic mass is 16.1. The Bertz CT molecular complexity index is 927. The van der Waals surface area contributed by atoms with Crippen LogP contribution in [0.15, 0.2) is 36.5 Å². The third kappa shape index (κ3) is 3.46. The van der Waals surface area contributed by atoms with Crippen LogP contribution in [0.25, 0.3) is 22.0 Å². The summed E-state index contributed by atoms with van der Waals surface area (Å²) in [4.78, 5) is 11.1. The number of carbonyl (C=O) groups is 1. The summed E-state index contributed by atoms with van der Waals surface area (Å²) in [7, 11) is 2.08. The Hall–Kier alpha value is -2.55. The molecule has 1 N–H and O–H groups in total. The molecule has 1 aromatic heterocycles. The fourth-order valence-corrected chi connectivity index (χ4v) is 3.84. The van der Waals surface area contributed by atoms with Gasteiger partial charge in [-0.2, -0.15) is 0 Å². The van der Waals surface area contributed by atoms with Crippen LogP contribution in [0.1, 0.15) is 29.2 Å². The predicted molar refractivity (Wildman–Crippen MR) is 105 cm³/mol.